The van der Waals surface area contributed by atoms with Crippen molar-refractivity contribution in [1.29, 1.82) is 0 Å². The van der Waals surface area contributed by atoms with E-state index in [-0.39, 0.29) is 11.5 Å². The molecule has 1 aromatic heterocycles. The first-order valence-corrected chi connectivity index (χ1v) is 5.73. The first kappa shape index (κ1) is 15.4. The van der Waals surface area contributed by atoms with Crippen LogP contribution >= 0.6 is 11.3 Å². The predicted molar refractivity (Wildman–Crippen MR) is 59.9 cm³/mol. The number of nitrogens with zero attached hydrogens (tertiary/aromatic N) is 2. The van der Waals surface area contributed by atoms with E-state index in [2.05, 4.69) is 0 Å². The van der Waals surface area contributed by atoms with Gasteiger partial charge < -0.3 is 5.11 Å². The second kappa shape index (κ2) is 5.97. The molecular formula is C9H9F3N2O4S. The second-order valence-electron chi connectivity index (χ2n) is 3.65. The molecule has 0 aliphatic carbocycles. The fourth-order valence-electron chi connectivity index (χ4n) is 1.38. The summed E-state index contributed by atoms with van der Waals surface area (Å²) in [5.41, 5.74) is 0. The summed E-state index contributed by atoms with van der Waals surface area (Å²) in [6, 6.07) is 2.49. The Bertz CT molecular complexity index is 474. The van der Waals surface area contributed by atoms with Crippen molar-refractivity contribution in [2.75, 3.05) is 13.1 Å². The Hall–Kier alpha value is -1.68. The number of rotatable bonds is 6. The third-order valence-corrected chi connectivity index (χ3v) is 2.99. The van der Waals surface area contributed by atoms with Gasteiger partial charge in [0.15, 0.2) is 0 Å². The van der Waals surface area contributed by atoms with Crippen LogP contribution in [0.3, 0.4) is 0 Å². The van der Waals surface area contributed by atoms with Crippen LogP contribution in [0.2, 0.25) is 0 Å². The fourth-order valence-corrected chi connectivity index (χ4v) is 2.25. The summed E-state index contributed by atoms with van der Waals surface area (Å²) in [6.45, 7) is -2.47. The number of carboxylic acid groups (broad SMARTS) is 1. The van der Waals surface area contributed by atoms with Crippen LogP contribution in [0.1, 0.15) is 4.88 Å². The number of carbonyl (C=O) groups is 1. The molecule has 0 unspecified atom stereocenters. The molecule has 0 radical (unpaired) electrons. The van der Waals surface area contributed by atoms with Crippen molar-refractivity contribution in [2.24, 2.45) is 0 Å². The standard InChI is InChI=1S/C9H9F3N2O4S/c10-9(11,12)5-13(4-8(15)16)3-6-1-2-7(19-6)14(17)18/h1-2H,3-5H2,(H,15,16). The number of thiophene rings is 1. The zero-order valence-electron chi connectivity index (χ0n) is 9.38. The highest BCUT2D eigenvalue weighted by molar-refractivity contribution is 7.15. The Balaban J connectivity index is 2.75. The van der Waals surface area contributed by atoms with Crippen LogP contribution < -0.4 is 0 Å². The minimum Gasteiger partial charge on any atom is -0.480 e. The molecule has 10 heteroatoms. The molecule has 1 N–H and O–H groups in total. The van der Waals surface area contributed by atoms with Crippen LogP contribution in [-0.4, -0.2) is 40.2 Å². The van der Waals surface area contributed by atoms with Gasteiger partial charge >= 0.3 is 17.1 Å². The quantitative estimate of drug-likeness (QED) is 0.642. The predicted octanol–water partition coefficient (Wildman–Crippen LogP) is 2.11. The van der Waals surface area contributed by atoms with Crippen LogP contribution in [0, 0.1) is 10.1 Å². The third kappa shape index (κ3) is 5.66. The van der Waals surface area contributed by atoms with Crippen molar-refractivity contribution in [1.82, 2.24) is 4.90 Å². The summed E-state index contributed by atoms with van der Waals surface area (Å²) in [5.74, 6) is -1.39. The van der Waals surface area contributed by atoms with Gasteiger partial charge in [0.05, 0.1) is 18.0 Å². The average molecular weight is 298 g/mol. The lowest BCUT2D eigenvalue weighted by Gasteiger charge is -2.20. The number of carboxylic acids is 1. The number of aliphatic carboxylic acids is 1. The summed E-state index contributed by atoms with van der Waals surface area (Å²) < 4.78 is 36.8. The highest BCUT2D eigenvalue weighted by Crippen LogP contribution is 2.26. The zero-order chi connectivity index (χ0) is 14.6. The fraction of sp³-hybridized carbons (Fsp3) is 0.444. The van der Waals surface area contributed by atoms with E-state index in [0.717, 1.165) is 11.3 Å². The Morgan fingerprint density at radius 2 is 2.11 bits per heavy atom. The van der Waals surface area contributed by atoms with Gasteiger partial charge in [-0.05, 0) is 6.07 Å². The van der Waals surface area contributed by atoms with Crippen molar-refractivity contribution in [3.05, 3.63) is 27.1 Å². The molecule has 0 saturated heterocycles. The lowest BCUT2D eigenvalue weighted by atomic mass is 10.4. The van der Waals surface area contributed by atoms with E-state index < -0.39 is 30.2 Å². The number of nitro groups is 1. The van der Waals surface area contributed by atoms with Crippen LogP contribution in [0.4, 0.5) is 18.2 Å². The van der Waals surface area contributed by atoms with E-state index in [1.807, 2.05) is 0 Å². The van der Waals surface area contributed by atoms with Gasteiger partial charge in [-0.1, -0.05) is 11.3 Å². The van der Waals surface area contributed by atoms with Crippen LogP contribution in [-0.2, 0) is 11.3 Å². The zero-order valence-corrected chi connectivity index (χ0v) is 10.2. The number of halogens is 3. The molecule has 0 aromatic carbocycles. The number of alkyl halides is 3. The highest BCUT2D eigenvalue weighted by Gasteiger charge is 2.31. The highest BCUT2D eigenvalue weighted by atomic mass is 32.1. The maximum absolute atomic E-state index is 12.3. The molecule has 19 heavy (non-hydrogen) atoms. The first-order chi connectivity index (χ1) is 8.67. The molecule has 106 valence electrons. The van der Waals surface area contributed by atoms with Crippen molar-refractivity contribution in [3.63, 3.8) is 0 Å². The molecule has 0 saturated carbocycles. The molecule has 1 heterocycles. The van der Waals surface area contributed by atoms with Crippen molar-refractivity contribution >= 4 is 22.3 Å². The Kier molecular flexibility index (Phi) is 4.84. The topological polar surface area (TPSA) is 83.7 Å². The van der Waals surface area contributed by atoms with Gasteiger partial charge in [0.2, 0.25) is 0 Å². The second-order valence-corrected chi connectivity index (χ2v) is 4.80. The maximum atomic E-state index is 12.3. The summed E-state index contributed by atoms with van der Waals surface area (Å²) in [6.07, 6.45) is -4.53. The van der Waals surface area contributed by atoms with Crippen molar-refractivity contribution < 1.29 is 28.0 Å². The molecule has 0 amide bonds. The minimum atomic E-state index is -4.53. The molecule has 0 aliphatic rings. The summed E-state index contributed by atoms with van der Waals surface area (Å²) in [7, 11) is 0. The average Bonchev–Trinajstić information content (AvgIpc) is 2.62. The normalized spacial score (nSPS) is 11.8. The molecule has 6 nitrogen and oxygen atoms in total. The van der Waals surface area contributed by atoms with Gasteiger partial charge in [-0.3, -0.25) is 19.8 Å². The largest absolute Gasteiger partial charge is 0.480 e. The van der Waals surface area contributed by atoms with Gasteiger partial charge in [0, 0.05) is 17.5 Å². The Morgan fingerprint density at radius 1 is 1.47 bits per heavy atom. The molecule has 0 spiro atoms. The Morgan fingerprint density at radius 3 is 2.53 bits per heavy atom. The molecular weight excluding hydrogens is 289 g/mol. The maximum Gasteiger partial charge on any atom is 0.401 e. The lowest BCUT2D eigenvalue weighted by Crippen LogP contribution is -2.37. The van der Waals surface area contributed by atoms with E-state index in [1.165, 1.54) is 12.1 Å². The SMILES string of the molecule is O=C(O)CN(Cc1ccc([N+](=O)[O-])s1)CC(F)(F)F. The molecule has 0 aliphatic heterocycles. The molecule has 1 aromatic rings. The third-order valence-electron chi connectivity index (χ3n) is 1.97. The smallest absolute Gasteiger partial charge is 0.401 e. The summed E-state index contributed by atoms with van der Waals surface area (Å²) in [5, 5.41) is 18.8. The van der Waals surface area contributed by atoms with E-state index in [0.29, 0.717) is 9.78 Å². The van der Waals surface area contributed by atoms with Gasteiger partial charge in [0.25, 0.3) is 0 Å². The van der Waals surface area contributed by atoms with Crippen LogP contribution in [0.25, 0.3) is 0 Å². The van der Waals surface area contributed by atoms with E-state index in [1.54, 1.807) is 0 Å². The summed E-state index contributed by atoms with van der Waals surface area (Å²) in [4.78, 5) is 21.2. The van der Waals surface area contributed by atoms with E-state index in [4.69, 9.17) is 5.11 Å². The number of hydrogen-bond donors (Lipinski definition) is 1. The molecule has 1 rings (SSSR count). The molecule has 0 atom stereocenters. The van der Waals surface area contributed by atoms with E-state index in [9.17, 15) is 28.1 Å². The van der Waals surface area contributed by atoms with Crippen molar-refractivity contribution in [2.45, 2.75) is 12.7 Å². The molecule has 0 fully saturated rings. The van der Waals surface area contributed by atoms with Gasteiger partial charge in [-0.2, -0.15) is 13.2 Å². The summed E-state index contributed by atoms with van der Waals surface area (Å²) >= 11 is 0.721. The minimum absolute atomic E-state index is 0.197. The van der Waals surface area contributed by atoms with Gasteiger partial charge in [-0.15, -0.1) is 0 Å². The van der Waals surface area contributed by atoms with Crippen molar-refractivity contribution in [3.8, 4) is 0 Å². The van der Waals surface area contributed by atoms with Gasteiger partial charge in [0.1, 0.15) is 0 Å². The van der Waals surface area contributed by atoms with Gasteiger partial charge in [-0.25, -0.2) is 0 Å². The monoisotopic (exact) mass is 298 g/mol. The number of hydrogen-bond acceptors (Lipinski definition) is 5. The lowest BCUT2D eigenvalue weighted by molar-refractivity contribution is -0.380. The van der Waals surface area contributed by atoms with E-state index >= 15 is 0 Å². The first-order valence-electron chi connectivity index (χ1n) is 4.91. The van der Waals surface area contributed by atoms with Crippen LogP contribution in [0.5, 0.6) is 0 Å². The Labute approximate surface area is 109 Å². The molecule has 0 bridgehead atoms. The van der Waals surface area contributed by atoms with Crippen LogP contribution in [0.15, 0.2) is 12.1 Å².